The molecule has 3 aromatic rings. The Labute approximate surface area is 96.3 Å². The molecule has 0 atom stereocenters. The van der Waals surface area contributed by atoms with E-state index in [0.29, 0.717) is 5.69 Å². The highest BCUT2D eigenvalue weighted by molar-refractivity contribution is 5.99. The minimum absolute atomic E-state index is 0.269. The highest BCUT2D eigenvalue weighted by Gasteiger charge is 2.08. The van der Waals surface area contributed by atoms with Gasteiger partial charge in [0.1, 0.15) is 11.8 Å². The van der Waals surface area contributed by atoms with Crippen LogP contribution in [0.25, 0.3) is 11.0 Å². The summed E-state index contributed by atoms with van der Waals surface area (Å²) in [5, 5.41) is 2.76. The van der Waals surface area contributed by atoms with Crippen molar-refractivity contribution in [3.8, 4) is 0 Å². The van der Waals surface area contributed by atoms with Gasteiger partial charge in [0.25, 0.3) is 0 Å². The Kier molecular flexibility index (Phi) is 2.11. The number of rotatable bonds is 1. The van der Waals surface area contributed by atoms with Crippen LogP contribution in [-0.2, 0) is 0 Å². The number of carbonyl (C=O) groups is 1. The van der Waals surface area contributed by atoms with E-state index in [1.807, 2.05) is 12.1 Å². The standard InChI is InChI=1S/C11H9N5O/c17-11(16-5-4-12-7-16)15-9-6-14-8-2-1-3-13-10(8)9/h1-7,14H,(H,15,17). The predicted octanol–water partition coefficient (Wildman–Crippen LogP) is 1.84. The summed E-state index contributed by atoms with van der Waals surface area (Å²) in [6, 6.07) is 3.46. The molecule has 0 spiro atoms. The number of aromatic nitrogens is 4. The van der Waals surface area contributed by atoms with Crippen molar-refractivity contribution in [2.24, 2.45) is 0 Å². The van der Waals surface area contributed by atoms with Crippen LogP contribution in [0.3, 0.4) is 0 Å². The largest absolute Gasteiger partial charge is 0.358 e. The Morgan fingerprint density at radius 3 is 3.18 bits per heavy atom. The van der Waals surface area contributed by atoms with Gasteiger partial charge in [-0.1, -0.05) is 0 Å². The van der Waals surface area contributed by atoms with Crippen molar-refractivity contribution in [2.75, 3.05) is 5.32 Å². The van der Waals surface area contributed by atoms with Crippen molar-refractivity contribution in [3.05, 3.63) is 43.2 Å². The van der Waals surface area contributed by atoms with Crippen LogP contribution in [0, 0.1) is 0 Å². The maximum atomic E-state index is 11.8. The summed E-state index contributed by atoms with van der Waals surface area (Å²) in [5.74, 6) is 0. The number of pyridine rings is 1. The van der Waals surface area contributed by atoms with Gasteiger partial charge in [-0.25, -0.2) is 9.78 Å². The number of nitrogens with zero attached hydrogens (tertiary/aromatic N) is 3. The number of nitrogens with one attached hydrogen (secondary N) is 2. The summed E-state index contributed by atoms with van der Waals surface area (Å²) in [6.07, 6.45) is 7.97. The normalized spacial score (nSPS) is 10.6. The first-order valence-electron chi connectivity index (χ1n) is 5.06. The number of hydrogen-bond acceptors (Lipinski definition) is 3. The van der Waals surface area contributed by atoms with Gasteiger partial charge in [0.2, 0.25) is 0 Å². The van der Waals surface area contributed by atoms with Crippen LogP contribution < -0.4 is 5.32 Å². The van der Waals surface area contributed by atoms with Crippen molar-refractivity contribution in [1.29, 1.82) is 0 Å². The van der Waals surface area contributed by atoms with Gasteiger partial charge in [0.05, 0.1) is 11.2 Å². The number of anilines is 1. The van der Waals surface area contributed by atoms with Crippen LogP contribution in [0.2, 0.25) is 0 Å². The lowest BCUT2D eigenvalue weighted by Crippen LogP contribution is -2.17. The molecule has 0 bridgehead atoms. The van der Waals surface area contributed by atoms with Crippen molar-refractivity contribution in [2.45, 2.75) is 0 Å². The van der Waals surface area contributed by atoms with Gasteiger partial charge in [-0.15, -0.1) is 0 Å². The molecule has 0 aliphatic carbocycles. The average molecular weight is 227 g/mol. The Hall–Kier alpha value is -2.63. The third-order valence-electron chi connectivity index (χ3n) is 2.42. The molecule has 1 amide bonds. The van der Waals surface area contributed by atoms with Crippen LogP contribution in [0.5, 0.6) is 0 Å². The quantitative estimate of drug-likeness (QED) is 0.666. The van der Waals surface area contributed by atoms with Gasteiger partial charge in [0, 0.05) is 24.8 Å². The number of amides is 1. The molecule has 6 heteroatoms. The number of carbonyl (C=O) groups excluding carboxylic acids is 1. The lowest BCUT2D eigenvalue weighted by molar-refractivity contribution is 0.253. The first kappa shape index (κ1) is 9.59. The summed E-state index contributed by atoms with van der Waals surface area (Å²) >= 11 is 0. The Bertz CT molecular complexity index is 655. The van der Waals surface area contributed by atoms with Gasteiger partial charge >= 0.3 is 6.03 Å². The van der Waals surface area contributed by atoms with E-state index in [0.717, 1.165) is 11.0 Å². The van der Waals surface area contributed by atoms with E-state index in [-0.39, 0.29) is 6.03 Å². The molecule has 0 aromatic carbocycles. The van der Waals surface area contributed by atoms with Crippen molar-refractivity contribution >= 4 is 22.8 Å². The maximum absolute atomic E-state index is 11.8. The summed E-state index contributed by atoms with van der Waals surface area (Å²) in [7, 11) is 0. The number of hydrogen-bond donors (Lipinski definition) is 2. The Morgan fingerprint density at radius 1 is 1.41 bits per heavy atom. The molecule has 0 saturated heterocycles. The van der Waals surface area contributed by atoms with Crippen molar-refractivity contribution in [3.63, 3.8) is 0 Å². The van der Waals surface area contributed by atoms with Crippen molar-refractivity contribution in [1.82, 2.24) is 19.5 Å². The minimum Gasteiger partial charge on any atom is -0.358 e. The molecule has 2 N–H and O–H groups in total. The number of H-pyrrole nitrogens is 1. The zero-order valence-corrected chi connectivity index (χ0v) is 8.79. The molecule has 0 saturated carbocycles. The molecule has 3 heterocycles. The fourth-order valence-electron chi connectivity index (χ4n) is 1.61. The van der Waals surface area contributed by atoms with Gasteiger partial charge in [0.15, 0.2) is 0 Å². The van der Waals surface area contributed by atoms with E-state index in [1.165, 1.54) is 10.9 Å². The SMILES string of the molecule is O=C(Nc1c[nH]c2cccnc12)n1ccnc1. The van der Waals surface area contributed by atoms with Gasteiger partial charge in [-0.3, -0.25) is 9.55 Å². The fraction of sp³-hybridized carbons (Fsp3) is 0. The first-order valence-corrected chi connectivity index (χ1v) is 5.06. The van der Waals surface area contributed by atoms with Crippen LogP contribution >= 0.6 is 0 Å². The van der Waals surface area contributed by atoms with E-state index >= 15 is 0 Å². The van der Waals surface area contributed by atoms with Gasteiger partial charge < -0.3 is 10.3 Å². The molecule has 0 radical (unpaired) electrons. The predicted molar refractivity (Wildman–Crippen MR) is 62.7 cm³/mol. The second-order valence-electron chi connectivity index (χ2n) is 3.50. The number of aromatic amines is 1. The van der Waals surface area contributed by atoms with Crippen LogP contribution in [0.4, 0.5) is 10.5 Å². The van der Waals surface area contributed by atoms with E-state index in [9.17, 15) is 4.79 Å². The zero-order chi connectivity index (χ0) is 11.7. The minimum atomic E-state index is -0.269. The summed E-state index contributed by atoms with van der Waals surface area (Å²) in [5.41, 5.74) is 2.27. The number of fused-ring (bicyclic) bond motifs is 1. The molecule has 0 aliphatic rings. The summed E-state index contributed by atoms with van der Waals surface area (Å²) in [6.45, 7) is 0. The molecule has 0 fully saturated rings. The van der Waals surface area contributed by atoms with Gasteiger partial charge in [-0.2, -0.15) is 0 Å². The van der Waals surface area contributed by atoms with E-state index < -0.39 is 0 Å². The molecule has 0 unspecified atom stereocenters. The Balaban J connectivity index is 1.93. The summed E-state index contributed by atoms with van der Waals surface area (Å²) in [4.78, 5) is 22.8. The summed E-state index contributed by atoms with van der Waals surface area (Å²) < 4.78 is 1.36. The zero-order valence-electron chi connectivity index (χ0n) is 8.79. The first-order chi connectivity index (χ1) is 8.34. The average Bonchev–Trinajstić information content (AvgIpc) is 2.98. The molecule has 17 heavy (non-hydrogen) atoms. The number of imidazole rings is 1. The second-order valence-corrected chi connectivity index (χ2v) is 3.50. The molecule has 84 valence electrons. The highest BCUT2D eigenvalue weighted by atomic mass is 16.2. The van der Waals surface area contributed by atoms with E-state index in [4.69, 9.17) is 0 Å². The Morgan fingerprint density at radius 2 is 2.35 bits per heavy atom. The van der Waals surface area contributed by atoms with E-state index in [1.54, 1.807) is 24.8 Å². The second kappa shape index (κ2) is 3.75. The maximum Gasteiger partial charge on any atom is 0.331 e. The molecular formula is C11H9N5O. The fourth-order valence-corrected chi connectivity index (χ4v) is 1.61. The van der Waals surface area contributed by atoms with Crippen LogP contribution in [0.15, 0.2) is 43.2 Å². The lowest BCUT2D eigenvalue weighted by atomic mass is 10.3. The molecule has 0 aliphatic heterocycles. The third kappa shape index (κ3) is 1.65. The third-order valence-corrected chi connectivity index (χ3v) is 2.42. The molecular weight excluding hydrogens is 218 g/mol. The van der Waals surface area contributed by atoms with Crippen LogP contribution in [-0.4, -0.2) is 25.6 Å². The van der Waals surface area contributed by atoms with Crippen LogP contribution in [0.1, 0.15) is 0 Å². The highest BCUT2D eigenvalue weighted by Crippen LogP contribution is 2.19. The smallest absolute Gasteiger partial charge is 0.331 e. The monoisotopic (exact) mass is 227 g/mol. The molecule has 6 nitrogen and oxygen atoms in total. The van der Waals surface area contributed by atoms with E-state index in [2.05, 4.69) is 20.3 Å². The molecule has 3 aromatic heterocycles. The van der Waals surface area contributed by atoms with Gasteiger partial charge in [-0.05, 0) is 12.1 Å². The molecule has 3 rings (SSSR count). The van der Waals surface area contributed by atoms with Crippen molar-refractivity contribution < 1.29 is 4.79 Å². The lowest BCUT2D eigenvalue weighted by Gasteiger charge is -2.02. The topological polar surface area (TPSA) is 75.6 Å².